The zero-order valence-corrected chi connectivity index (χ0v) is 17.8. The number of Topliss-reactive ketones (excluding diaryl/α,β-unsaturated/α-hetero) is 1. The monoisotopic (exact) mass is 428 g/mol. The van der Waals surface area contributed by atoms with Gasteiger partial charge in [-0.15, -0.1) is 11.8 Å². The minimum Gasteiger partial charge on any atom is -0.444 e. The molecule has 158 valence electrons. The number of thioether (sulfide) groups is 1. The average Bonchev–Trinajstić information content (AvgIpc) is 3.36. The van der Waals surface area contributed by atoms with Gasteiger partial charge < -0.3 is 9.53 Å². The molecule has 0 saturated carbocycles. The summed E-state index contributed by atoms with van der Waals surface area (Å²) in [6.07, 6.45) is 0.0116. The van der Waals surface area contributed by atoms with Gasteiger partial charge in [0.25, 0.3) is 0 Å². The van der Waals surface area contributed by atoms with Gasteiger partial charge in [0, 0.05) is 36.7 Å². The number of nitrogens with zero attached hydrogens (tertiary/aromatic N) is 2. The summed E-state index contributed by atoms with van der Waals surface area (Å²) in [4.78, 5) is 27.1. The van der Waals surface area contributed by atoms with Gasteiger partial charge in [0.05, 0.1) is 12.2 Å². The van der Waals surface area contributed by atoms with Gasteiger partial charge in [0.15, 0.2) is 0 Å². The van der Waals surface area contributed by atoms with Crippen LogP contribution in [0, 0.1) is 5.82 Å². The molecule has 0 N–H and O–H groups in total. The number of amides is 1. The molecule has 5 nitrogen and oxygen atoms in total. The highest BCUT2D eigenvalue weighted by molar-refractivity contribution is 7.99. The van der Waals surface area contributed by atoms with Crippen molar-refractivity contribution in [1.82, 2.24) is 4.90 Å². The maximum absolute atomic E-state index is 14.9. The van der Waals surface area contributed by atoms with E-state index in [1.807, 2.05) is 36.0 Å². The summed E-state index contributed by atoms with van der Waals surface area (Å²) in [5.41, 5.74) is 2.99. The second-order valence-electron chi connectivity index (χ2n) is 7.81. The zero-order valence-electron chi connectivity index (χ0n) is 17.0. The third-order valence-electron chi connectivity index (χ3n) is 5.45. The van der Waals surface area contributed by atoms with Crippen LogP contribution < -0.4 is 4.90 Å². The molecule has 2 fully saturated rings. The van der Waals surface area contributed by atoms with Gasteiger partial charge in [-0.1, -0.05) is 24.3 Å². The zero-order chi connectivity index (χ0) is 21.1. The minimum atomic E-state index is -0.500. The second-order valence-corrected chi connectivity index (χ2v) is 8.88. The Morgan fingerprint density at radius 3 is 2.70 bits per heavy atom. The Balaban J connectivity index is 1.44. The molecule has 2 aliphatic rings. The van der Waals surface area contributed by atoms with Gasteiger partial charge in [-0.2, -0.15) is 0 Å². The van der Waals surface area contributed by atoms with Gasteiger partial charge >= 0.3 is 6.09 Å². The van der Waals surface area contributed by atoms with Crippen LogP contribution in [0.15, 0.2) is 42.5 Å². The normalized spacial score (nSPS) is 19.3. The fraction of sp³-hybridized carbons (Fsp3) is 0.391. The van der Waals surface area contributed by atoms with Gasteiger partial charge in [0.2, 0.25) is 0 Å². The minimum absolute atomic E-state index is 0.0604. The predicted octanol–water partition coefficient (Wildman–Crippen LogP) is 4.69. The van der Waals surface area contributed by atoms with E-state index in [-0.39, 0.29) is 17.7 Å². The van der Waals surface area contributed by atoms with Crippen molar-refractivity contribution in [3.8, 4) is 11.1 Å². The average molecular weight is 429 g/mol. The van der Waals surface area contributed by atoms with E-state index in [0.29, 0.717) is 30.6 Å². The molecular formula is C23H25FN2O3S. The summed E-state index contributed by atoms with van der Waals surface area (Å²) in [7, 11) is 0. The lowest BCUT2D eigenvalue weighted by molar-refractivity contribution is -0.117. The molecule has 1 amide bonds. The summed E-state index contributed by atoms with van der Waals surface area (Å²) in [5.74, 6) is 1.92. The van der Waals surface area contributed by atoms with E-state index < -0.39 is 6.09 Å². The summed E-state index contributed by atoms with van der Waals surface area (Å²) in [5, 5.41) is 0. The molecule has 2 aromatic rings. The highest BCUT2D eigenvalue weighted by Gasteiger charge is 2.32. The number of rotatable bonds is 7. The number of carbonyl (C=O) groups is 2. The molecule has 2 aliphatic heterocycles. The van der Waals surface area contributed by atoms with Crippen LogP contribution in [0.5, 0.6) is 0 Å². The molecule has 1 atom stereocenters. The van der Waals surface area contributed by atoms with Crippen molar-refractivity contribution in [2.75, 3.05) is 29.6 Å². The number of carbonyl (C=O) groups excluding carboxylic acids is 2. The quantitative estimate of drug-likeness (QED) is 0.640. The maximum Gasteiger partial charge on any atom is 0.414 e. The maximum atomic E-state index is 14.9. The van der Waals surface area contributed by atoms with Crippen molar-refractivity contribution in [1.29, 1.82) is 0 Å². The van der Waals surface area contributed by atoms with E-state index in [4.69, 9.17) is 4.74 Å². The fourth-order valence-electron chi connectivity index (χ4n) is 3.78. The van der Waals surface area contributed by atoms with E-state index in [9.17, 15) is 14.0 Å². The number of hydrogen-bond acceptors (Lipinski definition) is 5. The Bertz CT molecular complexity index is 929. The Hall–Kier alpha value is -2.38. The van der Waals surface area contributed by atoms with Gasteiger partial charge in [-0.3, -0.25) is 9.80 Å². The highest BCUT2D eigenvalue weighted by atomic mass is 32.2. The Morgan fingerprint density at radius 2 is 2.03 bits per heavy atom. The molecule has 2 heterocycles. The van der Waals surface area contributed by atoms with Crippen LogP contribution in [-0.2, 0) is 16.1 Å². The van der Waals surface area contributed by atoms with Crippen LogP contribution >= 0.6 is 11.8 Å². The van der Waals surface area contributed by atoms with Gasteiger partial charge in [-0.05, 0) is 42.7 Å². The number of anilines is 1. The summed E-state index contributed by atoms with van der Waals surface area (Å²) in [6.45, 7) is 3.86. The molecule has 0 aliphatic carbocycles. The molecule has 30 heavy (non-hydrogen) atoms. The molecule has 7 heteroatoms. The van der Waals surface area contributed by atoms with Crippen molar-refractivity contribution >= 4 is 29.3 Å². The SMILES string of the molecule is CC(=O)CC[C@H]1CN(c2ccc(-c3ccc(CN4CCSC4)cc3)c(F)c2)C(=O)O1. The lowest BCUT2D eigenvalue weighted by atomic mass is 10.0. The number of benzene rings is 2. The van der Waals surface area contributed by atoms with Crippen molar-refractivity contribution in [2.24, 2.45) is 0 Å². The lowest BCUT2D eigenvalue weighted by Crippen LogP contribution is -2.24. The van der Waals surface area contributed by atoms with E-state index >= 15 is 0 Å². The highest BCUT2D eigenvalue weighted by Crippen LogP contribution is 2.30. The molecule has 2 aromatic carbocycles. The molecule has 4 rings (SSSR count). The van der Waals surface area contributed by atoms with E-state index in [2.05, 4.69) is 4.90 Å². The van der Waals surface area contributed by atoms with Crippen LogP contribution in [0.4, 0.5) is 14.9 Å². The number of ether oxygens (including phenoxy) is 1. The van der Waals surface area contributed by atoms with Crippen LogP contribution in [0.1, 0.15) is 25.3 Å². The van der Waals surface area contributed by atoms with Gasteiger partial charge in [-0.25, -0.2) is 9.18 Å². The summed E-state index contributed by atoms with van der Waals surface area (Å²) in [6, 6.07) is 12.8. The number of hydrogen-bond donors (Lipinski definition) is 0. The first kappa shape index (κ1) is 20.9. The smallest absolute Gasteiger partial charge is 0.414 e. The van der Waals surface area contributed by atoms with E-state index in [1.165, 1.54) is 29.2 Å². The second kappa shape index (κ2) is 9.18. The number of halogens is 1. The lowest BCUT2D eigenvalue weighted by Gasteiger charge is -2.15. The van der Waals surface area contributed by atoms with Crippen LogP contribution in [0.2, 0.25) is 0 Å². The third kappa shape index (κ3) is 4.84. The Morgan fingerprint density at radius 1 is 1.23 bits per heavy atom. The summed E-state index contributed by atoms with van der Waals surface area (Å²) >= 11 is 1.94. The molecule has 0 spiro atoms. The molecule has 0 aromatic heterocycles. The largest absolute Gasteiger partial charge is 0.444 e. The third-order valence-corrected chi connectivity index (χ3v) is 6.47. The van der Waals surface area contributed by atoms with Crippen LogP contribution in [0.25, 0.3) is 11.1 Å². The first-order valence-corrected chi connectivity index (χ1v) is 11.3. The first-order chi connectivity index (χ1) is 14.5. The van der Waals surface area contributed by atoms with Crippen LogP contribution in [0.3, 0.4) is 0 Å². The fourth-order valence-corrected chi connectivity index (χ4v) is 4.77. The molecule has 0 unspecified atom stereocenters. The molecule has 2 saturated heterocycles. The predicted molar refractivity (Wildman–Crippen MR) is 117 cm³/mol. The Kier molecular flexibility index (Phi) is 6.39. The van der Waals surface area contributed by atoms with E-state index in [1.54, 1.807) is 12.1 Å². The van der Waals surface area contributed by atoms with Gasteiger partial charge in [0.1, 0.15) is 17.7 Å². The van der Waals surface area contributed by atoms with Crippen molar-refractivity contribution in [3.05, 3.63) is 53.8 Å². The topological polar surface area (TPSA) is 49.9 Å². The molecule has 0 bridgehead atoms. The van der Waals surface area contributed by atoms with E-state index in [0.717, 1.165) is 24.5 Å². The van der Waals surface area contributed by atoms with Crippen molar-refractivity contribution in [2.45, 2.75) is 32.4 Å². The number of ketones is 1. The van der Waals surface area contributed by atoms with Crippen molar-refractivity contribution < 1.29 is 18.7 Å². The Labute approximate surface area is 180 Å². The first-order valence-electron chi connectivity index (χ1n) is 10.2. The molecular weight excluding hydrogens is 403 g/mol. The standard InChI is InChI=1S/C23H25FN2O3S/c1-16(27)2-8-20-14-26(23(28)29-20)19-7-9-21(22(24)12-19)18-5-3-17(4-6-18)13-25-10-11-30-15-25/h3-7,9,12,20H,2,8,10-11,13-15H2,1H3/t20-/m0/s1. The summed E-state index contributed by atoms with van der Waals surface area (Å²) < 4.78 is 20.2. The molecule has 0 radical (unpaired) electrons. The van der Waals surface area contributed by atoms with Crippen molar-refractivity contribution in [3.63, 3.8) is 0 Å². The van der Waals surface area contributed by atoms with Crippen LogP contribution in [-0.4, -0.2) is 47.6 Å². The number of cyclic esters (lactones) is 1.